The number of hydrogen-bond acceptors (Lipinski definition) is 7. The molecule has 3 N–H and O–H groups in total. The van der Waals surface area contributed by atoms with Gasteiger partial charge < -0.3 is 15.4 Å². The van der Waals surface area contributed by atoms with Crippen LogP contribution in [0.25, 0.3) is 10.9 Å². The largest absolute Gasteiger partial charge is 0.455 e. The Bertz CT molecular complexity index is 1400. The molecule has 44 heavy (non-hydrogen) atoms. The number of benzene rings is 1. The second-order valence-electron chi connectivity index (χ2n) is 13.5. The molecule has 1 spiro atoms. The number of hydrazine groups is 1. The predicted octanol–water partition coefficient (Wildman–Crippen LogP) is 4.12. The number of cyclic esters (lactones) is 1. The zero-order valence-electron chi connectivity index (χ0n) is 26.7. The van der Waals surface area contributed by atoms with E-state index in [-0.39, 0.29) is 17.7 Å². The predicted molar refractivity (Wildman–Crippen MR) is 167 cm³/mol. The van der Waals surface area contributed by atoms with Crippen LogP contribution in [0.5, 0.6) is 0 Å². The number of amides is 3. The number of nitrogens with zero attached hydrogens (tertiary/aromatic N) is 2. The molecule has 10 nitrogen and oxygen atoms in total. The van der Waals surface area contributed by atoms with Crippen molar-refractivity contribution >= 4 is 34.6 Å². The number of carbonyl (C=O) groups is 4. The van der Waals surface area contributed by atoms with Gasteiger partial charge in [-0.2, -0.15) is 0 Å². The Kier molecular flexibility index (Phi) is 9.58. The van der Waals surface area contributed by atoms with Crippen LogP contribution in [-0.2, 0) is 30.3 Å². The van der Waals surface area contributed by atoms with Crippen LogP contribution in [0, 0.1) is 17.3 Å². The van der Waals surface area contributed by atoms with Crippen LogP contribution in [0.2, 0.25) is 0 Å². The number of carbonyl (C=O) groups excluding carboxylic acids is 4. The van der Waals surface area contributed by atoms with Crippen molar-refractivity contribution in [1.29, 1.82) is 0 Å². The molecule has 1 saturated carbocycles. The fourth-order valence-corrected chi connectivity index (χ4v) is 6.71. The van der Waals surface area contributed by atoms with Gasteiger partial charge in [-0.1, -0.05) is 39.0 Å². The van der Waals surface area contributed by atoms with Gasteiger partial charge in [0.25, 0.3) is 5.91 Å². The highest BCUT2D eigenvalue weighted by Crippen LogP contribution is 2.43. The van der Waals surface area contributed by atoms with Gasteiger partial charge in [0, 0.05) is 17.3 Å². The molecule has 3 amide bonds. The van der Waals surface area contributed by atoms with Crippen LogP contribution in [-0.4, -0.2) is 58.4 Å². The first-order valence-electron chi connectivity index (χ1n) is 16.2. The maximum atomic E-state index is 14.1. The zero-order valence-corrected chi connectivity index (χ0v) is 26.7. The molecule has 0 unspecified atom stereocenters. The fraction of sp³-hybridized carbons (Fsp3) is 0.618. The Morgan fingerprint density at radius 3 is 2.41 bits per heavy atom. The fourth-order valence-electron chi connectivity index (χ4n) is 6.71. The Morgan fingerprint density at radius 2 is 1.68 bits per heavy atom. The molecule has 3 aliphatic rings. The lowest BCUT2D eigenvalue weighted by Gasteiger charge is -2.40. The zero-order chi connectivity index (χ0) is 31.6. The summed E-state index contributed by atoms with van der Waals surface area (Å²) in [7, 11) is 0. The van der Waals surface area contributed by atoms with E-state index in [2.05, 4.69) is 35.1 Å². The molecule has 1 aliphatic carbocycles. The number of aryl methyl sites for hydroxylation is 1. The summed E-state index contributed by atoms with van der Waals surface area (Å²) in [6, 6.07) is 7.70. The van der Waals surface area contributed by atoms with E-state index in [9.17, 15) is 19.2 Å². The molecular weight excluding hydrogens is 558 g/mol. The highest BCUT2D eigenvalue weighted by Gasteiger charge is 2.43. The second-order valence-corrected chi connectivity index (χ2v) is 13.5. The van der Waals surface area contributed by atoms with E-state index in [4.69, 9.17) is 9.72 Å². The Hall–Kier alpha value is -3.53. The number of hydrogen-bond donors (Lipinski definition) is 3. The third-order valence-electron chi connectivity index (χ3n) is 9.79. The lowest BCUT2D eigenvalue weighted by Crippen LogP contribution is -2.61. The average molecular weight is 606 g/mol. The topological polar surface area (TPSA) is 130 Å². The minimum Gasteiger partial charge on any atom is -0.455 e. The Labute approximate surface area is 260 Å². The lowest BCUT2D eigenvalue weighted by atomic mass is 9.67. The molecule has 0 radical (unpaired) electrons. The van der Waals surface area contributed by atoms with E-state index in [1.165, 1.54) is 5.01 Å². The van der Waals surface area contributed by atoms with Gasteiger partial charge in [-0.25, -0.2) is 10.4 Å². The number of aromatic nitrogens is 1. The molecule has 1 aromatic carbocycles. The Morgan fingerprint density at radius 1 is 0.955 bits per heavy atom. The van der Waals surface area contributed by atoms with Crippen LogP contribution < -0.4 is 16.1 Å². The maximum absolute atomic E-state index is 14.1. The minimum atomic E-state index is -0.859. The summed E-state index contributed by atoms with van der Waals surface area (Å²) in [5, 5.41) is 8.32. The number of esters is 1. The van der Waals surface area contributed by atoms with Crippen molar-refractivity contribution in [2.24, 2.45) is 17.3 Å². The van der Waals surface area contributed by atoms with Gasteiger partial charge in [0.2, 0.25) is 11.8 Å². The third kappa shape index (κ3) is 6.90. The first-order valence-corrected chi connectivity index (χ1v) is 16.2. The van der Waals surface area contributed by atoms with E-state index in [1.807, 2.05) is 32.0 Å². The standard InChI is InChI=1S/C34H47N5O5/c1-20(2)29-30(40)35-22(4)31(41)39-18-6-7-27(38-39)32(42)44-23(5)26-11-10-25-9-8-24(19-28(25)36-26)14-17-34(33(43)37-29)15-12-21(3)13-16-34/h8-11,19-23,27,29,38H,6-7,12-18H2,1-5H3,(H,35,40)(H,37,43)/t21?,22-,23+,27-,29-,34?/m0/s1. The van der Waals surface area contributed by atoms with E-state index in [0.717, 1.165) is 42.1 Å². The molecule has 1 aromatic heterocycles. The summed E-state index contributed by atoms with van der Waals surface area (Å²) in [5.41, 5.74) is 4.97. The van der Waals surface area contributed by atoms with Crippen molar-refractivity contribution in [2.45, 2.75) is 110 Å². The lowest BCUT2D eigenvalue weighted by molar-refractivity contribution is -0.157. The molecule has 2 aromatic rings. The van der Waals surface area contributed by atoms with Gasteiger partial charge in [-0.15, -0.1) is 0 Å². The molecule has 238 valence electrons. The average Bonchev–Trinajstić information content (AvgIpc) is 3.01. The molecule has 3 heterocycles. The van der Waals surface area contributed by atoms with Crippen molar-refractivity contribution in [1.82, 2.24) is 26.1 Å². The van der Waals surface area contributed by atoms with E-state index < -0.39 is 41.5 Å². The first kappa shape index (κ1) is 31.9. The molecule has 2 aliphatic heterocycles. The summed E-state index contributed by atoms with van der Waals surface area (Å²) in [6.07, 6.45) is 5.35. The molecule has 10 heteroatoms. The molecule has 2 fully saturated rings. The van der Waals surface area contributed by atoms with E-state index in [0.29, 0.717) is 43.8 Å². The number of pyridine rings is 1. The number of fused-ring (bicyclic) bond motifs is 4. The first-order chi connectivity index (χ1) is 21.0. The summed E-state index contributed by atoms with van der Waals surface area (Å²) in [5.74, 6) is -0.920. The summed E-state index contributed by atoms with van der Waals surface area (Å²) < 4.78 is 5.82. The van der Waals surface area contributed by atoms with E-state index in [1.54, 1.807) is 13.8 Å². The Balaban J connectivity index is 1.49. The summed E-state index contributed by atoms with van der Waals surface area (Å²) in [6.45, 7) is 9.85. The monoisotopic (exact) mass is 605 g/mol. The van der Waals surface area contributed by atoms with E-state index >= 15 is 0 Å². The van der Waals surface area contributed by atoms with Crippen LogP contribution >= 0.6 is 0 Å². The molecule has 5 rings (SSSR count). The summed E-state index contributed by atoms with van der Waals surface area (Å²) >= 11 is 0. The SMILES string of the molecule is CC1CCC2(CCc3ccc4ccc(nc4c3)[C@@H](C)OC(=O)[C@@H]3CCCN(N3)C(=O)[C@H](C)NC(=O)[C@H](C(C)C)NC2=O)CC1. The van der Waals surface area contributed by atoms with Crippen molar-refractivity contribution in [3.8, 4) is 0 Å². The normalized spacial score (nSPS) is 31.1. The summed E-state index contributed by atoms with van der Waals surface area (Å²) in [4.78, 5) is 59.0. The van der Waals surface area contributed by atoms with Gasteiger partial charge in [0.15, 0.2) is 0 Å². The van der Waals surface area contributed by atoms with Crippen LogP contribution in [0.4, 0.5) is 0 Å². The van der Waals surface area contributed by atoms with Crippen LogP contribution in [0.3, 0.4) is 0 Å². The van der Waals surface area contributed by atoms with Crippen molar-refractivity contribution in [3.05, 3.63) is 41.6 Å². The highest BCUT2D eigenvalue weighted by atomic mass is 16.5. The van der Waals surface area contributed by atoms with Gasteiger partial charge in [-0.3, -0.25) is 24.2 Å². The molecular formula is C34H47N5O5. The third-order valence-corrected chi connectivity index (χ3v) is 9.79. The number of rotatable bonds is 1. The van der Waals surface area contributed by atoms with Gasteiger partial charge in [-0.05, 0) is 94.7 Å². The van der Waals surface area contributed by atoms with Gasteiger partial charge in [0.1, 0.15) is 24.2 Å². The number of ether oxygens (including phenoxy) is 1. The smallest absolute Gasteiger partial charge is 0.325 e. The van der Waals surface area contributed by atoms with Gasteiger partial charge in [0.05, 0.1) is 11.2 Å². The van der Waals surface area contributed by atoms with Gasteiger partial charge >= 0.3 is 5.97 Å². The maximum Gasteiger partial charge on any atom is 0.325 e. The minimum absolute atomic E-state index is 0.0886. The van der Waals surface area contributed by atoms with Crippen LogP contribution in [0.1, 0.15) is 96.9 Å². The second kappa shape index (κ2) is 13.2. The highest BCUT2D eigenvalue weighted by molar-refractivity contribution is 5.93. The quantitative estimate of drug-likeness (QED) is 0.417. The van der Waals surface area contributed by atoms with Crippen molar-refractivity contribution < 1.29 is 23.9 Å². The molecule has 1 saturated heterocycles. The van der Waals surface area contributed by atoms with Crippen molar-refractivity contribution in [2.75, 3.05) is 6.54 Å². The molecule has 4 atom stereocenters. The number of nitrogens with one attached hydrogen (secondary N) is 3. The van der Waals surface area contributed by atoms with Crippen molar-refractivity contribution in [3.63, 3.8) is 0 Å². The van der Waals surface area contributed by atoms with Crippen LogP contribution in [0.15, 0.2) is 30.3 Å². The molecule has 5 bridgehead atoms.